The minimum atomic E-state index is -0.857. The molecule has 3 heteroatoms. The second kappa shape index (κ2) is 6.43. The molecule has 74 valence electrons. The van der Waals surface area contributed by atoms with Gasteiger partial charge in [-0.05, 0) is 20.8 Å². The van der Waals surface area contributed by atoms with E-state index in [0.717, 1.165) is 6.54 Å². The van der Waals surface area contributed by atoms with E-state index in [1.165, 1.54) is 5.57 Å². The summed E-state index contributed by atoms with van der Waals surface area (Å²) in [5.41, 5.74) is 1.64. The lowest BCUT2D eigenvalue weighted by atomic mass is 10.3. The van der Waals surface area contributed by atoms with Crippen molar-refractivity contribution in [2.24, 2.45) is 0 Å². The zero-order valence-electron chi connectivity index (χ0n) is 8.42. The van der Waals surface area contributed by atoms with Crippen LogP contribution in [-0.4, -0.2) is 24.2 Å². The van der Waals surface area contributed by atoms with Gasteiger partial charge in [-0.3, -0.25) is 0 Å². The van der Waals surface area contributed by atoms with Crippen molar-refractivity contribution in [2.75, 3.05) is 13.1 Å². The molecule has 2 N–H and O–H groups in total. The van der Waals surface area contributed by atoms with Gasteiger partial charge in [0.25, 0.3) is 0 Å². The Bertz CT molecular complexity index is 225. The predicted octanol–water partition coefficient (Wildman–Crippen LogP) is 1.57. The number of carboxylic acids is 1. The molecule has 0 aromatic carbocycles. The maximum Gasteiger partial charge on any atom is 0.330 e. The fourth-order valence-corrected chi connectivity index (χ4v) is 0.672. The van der Waals surface area contributed by atoms with Crippen LogP contribution in [0.2, 0.25) is 0 Å². The number of aliphatic carboxylic acids is 1. The van der Waals surface area contributed by atoms with Crippen LogP contribution >= 0.6 is 0 Å². The summed E-state index contributed by atoms with van der Waals surface area (Å²) in [6, 6.07) is 0. The van der Waals surface area contributed by atoms with Crippen molar-refractivity contribution in [1.82, 2.24) is 5.32 Å². The molecule has 0 fully saturated rings. The molecular formula is C10H17NO2. The summed E-state index contributed by atoms with van der Waals surface area (Å²) in [7, 11) is 0. The second-order valence-electron chi connectivity index (χ2n) is 3.13. The Hall–Kier alpha value is -1.09. The van der Waals surface area contributed by atoms with E-state index in [1.54, 1.807) is 13.0 Å². The lowest BCUT2D eigenvalue weighted by molar-refractivity contribution is -0.132. The van der Waals surface area contributed by atoms with Gasteiger partial charge in [0.05, 0.1) is 0 Å². The van der Waals surface area contributed by atoms with Gasteiger partial charge in [-0.15, -0.1) is 0 Å². The number of nitrogens with one attached hydrogen (secondary N) is 1. The van der Waals surface area contributed by atoms with Crippen LogP contribution in [-0.2, 0) is 4.79 Å². The van der Waals surface area contributed by atoms with E-state index in [1.807, 2.05) is 13.8 Å². The van der Waals surface area contributed by atoms with E-state index in [2.05, 4.69) is 11.4 Å². The summed E-state index contributed by atoms with van der Waals surface area (Å²) in [5, 5.41) is 11.6. The number of carbonyl (C=O) groups is 1. The van der Waals surface area contributed by atoms with Crippen LogP contribution in [0.3, 0.4) is 0 Å². The zero-order valence-corrected chi connectivity index (χ0v) is 8.42. The Labute approximate surface area is 79.2 Å². The van der Waals surface area contributed by atoms with Crippen molar-refractivity contribution in [3.8, 4) is 0 Å². The standard InChI is InChI=1S/C10H17NO2/c1-8(2)4-6-11-7-5-9(3)10(12)13/h4-5,11H,6-7H2,1-3H3,(H,12,13)/b9-5-. The van der Waals surface area contributed by atoms with Gasteiger partial charge in [-0.2, -0.15) is 0 Å². The molecule has 0 aromatic rings. The van der Waals surface area contributed by atoms with E-state index < -0.39 is 5.97 Å². The fraction of sp³-hybridized carbons (Fsp3) is 0.500. The molecule has 13 heavy (non-hydrogen) atoms. The maximum atomic E-state index is 10.4. The lowest BCUT2D eigenvalue weighted by Crippen LogP contribution is -2.14. The van der Waals surface area contributed by atoms with Gasteiger partial charge in [0.15, 0.2) is 0 Å². The Balaban J connectivity index is 3.62. The summed E-state index contributed by atoms with van der Waals surface area (Å²) in [5.74, 6) is -0.857. The summed E-state index contributed by atoms with van der Waals surface area (Å²) >= 11 is 0. The summed E-state index contributed by atoms with van der Waals surface area (Å²) in [6.07, 6.45) is 3.73. The topological polar surface area (TPSA) is 49.3 Å². The quantitative estimate of drug-likeness (QED) is 0.386. The van der Waals surface area contributed by atoms with Crippen LogP contribution in [0.1, 0.15) is 20.8 Å². The highest BCUT2D eigenvalue weighted by molar-refractivity contribution is 5.85. The molecule has 0 amide bonds. The van der Waals surface area contributed by atoms with Crippen molar-refractivity contribution in [1.29, 1.82) is 0 Å². The van der Waals surface area contributed by atoms with E-state index in [9.17, 15) is 4.79 Å². The predicted molar refractivity (Wildman–Crippen MR) is 53.7 cm³/mol. The first kappa shape index (κ1) is 11.9. The van der Waals surface area contributed by atoms with Gasteiger partial charge < -0.3 is 10.4 Å². The van der Waals surface area contributed by atoms with E-state index in [0.29, 0.717) is 12.1 Å². The molecule has 0 unspecified atom stereocenters. The van der Waals surface area contributed by atoms with Gasteiger partial charge >= 0.3 is 5.97 Å². The minimum Gasteiger partial charge on any atom is -0.478 e. The van der Waals surface area contributed by atoms with Gasteiger partial charge in [-0.25, -0.2) is 4.79 Å². The third-order valence-electron chi connectivity index (χ3n) is 1.54. The summed E-state index contributed by atoms with van der Waals surface area (Å²) < 4.78 is 0. The normalized spacial score (nSPS) is 11.2. The SMILES string of the molecule is CC(C)=CCNC/C=C(/C)C(=O)O. The van der Waals surface area contributed by atoms with Crippen LogP contribution in [0, 0.1) is 0 Å². The highest BCUT2D eigenvalue weighted by Gasteiger charge is 1.96. The number of allylic oxidation sites excluding steroid dienone is 1. The van der Waals surface area contributed by atoms with Crippen molar-refractivity contribution in [3.05, 3.63) is 23.3 Å². The monoisotopic (exact) mass is 183 g/mol. The molecule has 0 aliphatic heterocycles. The smallest absolute Gasteiger partial charge is 0.330 e. The summed E-state index contributed by atoms with van der Waals surface area (Å²) in [4.78, 5) is 10.4. The summed E-state index contributed by atoms with van der Waals surface area (Å²) in [6.45, 7) is 7.03. The van der Waals surface area contributed by atoms with Crippen molar-refractivity contribution in [3.63, 3.8) is 0 Å². The largest absolute Gasteiger partial charge is 0.478 e. The minimum absolute atomic E-state index is 0.379. The van der Waals surface area contributed by atoms with Gasteiger partial charge in [0, 0.05) is 18.7 Å². The Kier molecular flexibility index (Phi) is 5.89. The molecule has 0 saturated carbocycles. The number of carboxylic acid groups (broad SMARTS) is 1. The number of rotatable bonds is 5. The van der Waals surface area contributed by atoms with Crippen LogP contribution < -0.4 is 5.32 Å². The average Bonchev–Trinajstić information content (AvgIpc) is 2.02. The highest BCUT2D eigenvalue weighted by Crippen LogP contribution is 1.90. The Morgan fingerprint density at radius 3 is 2.23 bits per heavy atom. The highest BCUT2D eigenvalue weighted by atomic mass is 16.4. The van der Waals surface area contributed by atoms with Crippen LogP contribution in [0.5, 0.6) is 0 Å². The van der Waals surface area contributed by atoms with Gasteiger partial charge in [-0.1, -0.05) is 17.7 Å². The van der Waals surface area contributed by atoms with E-state index >= 15 is 0 Å². The molecule has 0 heterocycles. The van der Waals surface area contributed by atoms with E-state index in [-0.39, 0.29) is 0 Å². The van der Waals surface area contributed by atoms with Gasteiger partial charge in [0.1, 0.15) is 0 Å². The molecule has 0 radical (unpaired) electrons. The lowest BCUT2D eigenvalue weighted by Gasteiger charge is -1.97. The van der Waals surface area contributed by atoms with Crippen LogP contribution in [0.25, 0.3) is 0 Å². The van der Waals surface area contributed by atoms with Crippen LogP contribution in [0.4, 0.5) is 0 Å². The number of hydrogen-bond donors (Lipinski definition) is 2. The van der Waals surface area contributed by atoms with Crippen LogP contribution in [0.15, 0.2) is 23.3 Å². The first-order valence-corrected chi connectivity index (χ1v) is 4.28. The molecule has 0 aromatic heterocycles. The number of hydrogen-bond acceptors (Lipinski definition) is 2. The van der Waals surface area contributed by atoms with E-state index in [4.69, 9.17) is 5.11 Å². The molecule has 0 saturated heterocycles. The molecule has 0 atom stereocenters. The average molecular weight is 183 g/mol. The molecule has 0 aliphatic rings. The third kappa shape index (κ3) is 7.28. The second-order valence-corrected chi connectivity index (χ2v) is 3.13. The molecule has 0 spiro atoms. The molecule has 0 aliphatic carbocycles. The fourth-order valence-electron chi connectivity index (χ4n) is 0.672. The maximum absolute atomic E-state index is 10.4. The first-order valence-electron chi connectivity index (χ1n) is 4.28. The third-order valence-corrected chi connectivity index (χ3v) is 1.54. The first-order chi connectivity index (χ1) is 6.04. The zero-order chi connectivity index (χ0) is 10.3. The molecule has 0 bridgehead atoms. The van der Waals surface area contributed by atoms with Gasteiger partial charge in [0.2, 0.25) is 0 Å². The molecule has 3 nitrogen and oxygen atoms in total. The van der Waals surface area contributed by atoms with Crippen molar-refractivity contribution < 1.29 is 9.90 Å². The Morgan fingerprint density at radius 1 is 1.23 bits per heavy atom. The van der Waals surface area contributed by atoms with Crippen molar-refractivity contribution in [2.45, 2.75) is 20.8 Å². The Morgan fingerprint density at radius 2 is 1.77 bits per heavy atom. The van der Waals surface area contributed by atoms with Crippen molar-refractivity contribution >= 4 is 5.97 Å². The molecule has 0 rings (SSSR count). The molecular weight excluding hydrogens is 166 g/mol.